The Kier molecular flexibility index (Phi) is 3.32. The van der Waals surface area contributed by atoms with Gasteiger partial charge in [-0.25, -0.2) is 0 Å². The normalized spacial score (nSPS) is 17.5. The first-order chi connectivity index (χ1) is 8.88. The highest BCUT2D eigenvalue weighted by Gasteiger charge is 2.53. The van der Waals surface area contributed by atoms with Crippen LogP contribution in [0.25, 0.3) is 0 Å². The molecule has 0 atom stereocenters. The van der Waals surface area contributed by atoms with E-state index in [-0.39, 0.29) is 5.41 Å². The van der Waals surface area contributed by atoms with Gasteiger partial charge < -0.3 is 9.47 Å². The minimum Gasteiger partial charge on any atom is -0.496 e. The highest BCUT2D eigenvalue weighted by molar-refractivity contribution is 5.47. The zero-order valence-electron chi connectivity index (χ0n) is 12.3. The van der Waals surface area contributed by atoms with Crippen LogP contribution < -0.4 is 4.74 Å². The number of hydrogen-bond donors (Lipinski definition) is 0. The van der Waals surface area contributed by atoms with Crippen LogP contribution in [0.15, 0.2) is 12.1 Å². The molecule has 3 nitrogen and oxygen atoms in total. The molecule has 0 saturated carbocycles. The standard InChI is InChI=1S/C16H21NO2/c1-11-7-14(18-5)12(2)6-13(11)16(9-19-10-16)15(3,4)8-17/h6-7H,9-10H2,1-5H3. The van der Waals surface area contributed by atoms with Gasteiger partial charge in [0.25, 0.3) is 0 Å². The topological polar surface area (TPSA) is 42.2 Å². The molecule has 1 aromatic rings. The average Bonchev–Trinajstić information content (AvgIpc) is 2.31. The van der Waals surface area contributed by atoms with Crippen molar-refractivity contribution >= 4 is 0 Å². The summed E-state index contributed by atoms with van der Waals surface area (Å²) >= 11 is 0. The summed E-state index contributed by atoms with van der Waals surface area (Å²) in [5.74, 6) is 0.895. The molecule has 102 valence electrons. The van der Waals surface area contributed by atoms with Crippen molar-refractivity contribution in [3.8, 4) is 11.8 Å². The van der Waals surface area contributed by atoms with Crippen molar-refractivity contribution in [1.82, 2.24) is 0 Å². The van der Waals surface area contributed by atoms with Crippen LogP contribution >= 0.6 is 0 Å². The second-order valence-corrected chi connectivity index (χ2v) is 5.95. The van der Waals surface area contributed by atoms with E-state index >= 15 is 0 Å². The molecule has 1 saturated heterocycles. The smallest absolute Gasteiger partial charge is 0.122 e. The molecule has 0 bridgehead atoms. The van der Waals surface area contributed by atoms with Crippen LogP contribution in [-0.2, 0) is 10.2 Å². The molecular weight excluding hydrogens is 238 g/mol. The quantitative estimate of drug-likeness (QED) is 0.837. The van der Waals surface area contributed by atoms with Gasteiger partial charge in [-0.1, -0.05) is 6.07 Å². The van der Waals surface area contributed by atoms with E-state index in [4.69, 9.17) is 9.47 Å². The fourth-order valence-corrected chi connectivity index (χ4v) is 2.79. The van der Waals surface area contributed by atoms with E-state index in [2.05, 4.69) is 25.1 Å². The molecule has 0 radical (unpaired) electrons. The van der Waals surface area contributed by atoms with Crippen LogP contribution in [0.2, 0.25) is 0 Å². The van der Waals surface area contributed by atoms with Gasteiger partial charge in [-0.15, -0.1) is 0 Å². The van der Waals surface area contributed by atoms with Crippen LogP contribution in [0, 0.1) is 30.6 Å². The Balaban J connectivity index is 2.58. The number of nitriles is 1. The summed E-state index contributed by atoms with van der Waals surface area (Å²) in [4.78, 5) is 0. The van der Waals surface area contributed by atoms with Gasteiger partial charge in [-0.2, -0.15) is 5.26 Å². The number of benzene rings is 1. The highest BCUT2D eigenvalue weighted by atomic mass is 16.5. The number of rotatable bonds is 3. The first-order valence-corrected chi connectivity index (χ1v) is 6.53. The van der Waals surface area contributed by atoms with Crippen molar-refractivity contribution in [2.45, 2.75) is 33.1 Å². The maximum atomic E-state index is 9.49. The Morgan fingerprint density at radius 1 is 1.26 bits per heavy atom. The van der Waals surface area contributed by atoms with Gasteiger partial charge in [0.05, 0.1) is 37.2 Å². The number of ether oxygens (including phenoxy) is 2. The monoisotopic (exact) mass is 259 g/mol. The van der Waals surface area contributed by atoms with Crippen molar-refractivity contribution in [3.63, 3.8) is 0 Å². The molecule has 0 aliphatic carbocycles. The summed E-state index contributed by atoms with van der Waals surface area (Å²) in [5, 5.41) is 9.49. The summed E-state index contributed by atoms with van der Waals surface area (Å²) in [6.07, 6.45) is 0. The Bertz CT molecular complexity index is 536. The maximum Gasteiger partial charge on any atom is 0.122 e. The molecule has 0 N–H and O–H groups in total. The van der Waals surface area contributed by atoms with Crippen molar-refractivity contribution < 1.29 is 9.47 Å². The third-order valence-corrected chi connectivity index (χ3v) is 4.43. The average molecular weight is 259 g/mol. The molecule has 0 spiro atoms. The molecule has 0 amide bonds. The van der Waals surface area contributed by atoms with Gasteiger partial charge in [0.2, 0.25) is 0 Å². The number of methoxy groups -OCH3 is 1. The van der Waals surface area contributed by atoms with Crippen molar-refractivity contribution in [2.24, 2.45) is 5.41 Å². The van der Waals surface area contributed by atoms with E-state index in [1.54, 1.807) is 7.11 Å². The maximum absolute atomic E-state index is 9.49. The number of aryl methyl sites for hydroxylation is 2. The lowest BCUT2D eigenvalue weighted by molar-refractivity contribution is -0.103. The molecule has 0 unspecified atom stereocenters. The molecule has 1 aromatic carbocycles. The van der Waals surface area contributed by atoms with E-state index in [1.807, 2.05) is 20.8 Å². The zero-order chi connectivity index (χ0) is 14.3. The second kappa shape index (κ2) is 4.54. The molecule has 1 heterocycles. The van der Waals surface area contributed by atoms with Crippen LogP contribution in [0.4, 0.5) is 0 Å². The molecule has 2 rings (SSSR count). The van der Waals surface area contributed by atoms with Crippen molar-refractivity contribution in [3.05, 3.63) is 28.8 Å². The van der Waals surface area contributed by atoms with Crippen LogP contribution in [0.5, 0.6) is 5.75 Å². The minimum atomic E-state index is -0.447. The summed E-state index contributed by atoms with van der Waals surface area (Å²) in [7, 11) is 1.68. The summed E-state index contributed by atoms with van der Waals surface area (Å²) in [6, 6.07) is 6.65. The van der Waals surface area contributed by atoms with Crippen LogP contribution in [0.1, 0.15) is 30.5 Å². The lowest BCUT2D eigenvalue weighted by Gasteiger charge is -2.50. The third-order valence-electron chi connectivity index (χ3n) is 4.43. The third kappa shape index (κ3) is 1.91. The Hall–Kier alpha value is -1.53. The van der Waals surface area contributed by atoms with E-state index in [0.717, 1.165) is 16.9 Å². The van der Waals surface area contributed by atoms with E-state index in [0.29, 0.717) is 13.2 Å². The Morgan fingerprint density at radius 3 is 2.32 bits per heavy atom. The van der Waals surface area contributed by atoms with Crippen LogP contribution in [0.3, 0.4) is 0 Å². The Morgan fingerprint density at radius 2 is 1.89 bits per heavy atom. The van der Waals surface area contributed by atoms with Gasteiger partial charge in [0.1, 0.15) is 5.75 Å². The van der Waals surface area contributed by atoms with E-state index < -0.39 is 5.41 Å². The molecule has 1 aliphatic rings. The van der Waals surface area contributed by atoms with Gasteiger partial charge in [-0.05, 0) is 50.5 Å². The second-order valence-electron chi connectivity index (χ2n) is 5.95. The lowest BCUT2D eigenvalue weighted by atomic mass is 9.60. The van der Waals surface area contributed by atoms with Crippen LogP contribution in [-0.4, -0.2) is 20.3 Å². The molecular formula is C16H21NO2. The Labute approximate surface area is 115 Å². The first kappa shape index (κ1) is 13.9. The highest BCUT2D eigenvalue weighted by Crippen LogP contribution is 2.48. The lowest BCUT2D eigenvalue weighted by Crippen LogP contribution is -2.56. The summed E-state index contributed by atoms with van der Waals surface area (Å²) in [6.45, 7) is 9.32. The number of nitrogens with zero attached hydrogens (tertiary/aromatic N) is 1. The van der Waals surface area contributed by atoms with Gasteiger partial charge in [0.15, 0.2) is 0 Å². The largest absolute Gasteiger partial charge is 0.496 e. The van der Waals surface area contributed by atoms with Gasteiger partial charge in [0, 0.05) is 0 Å². The molecule has 3 heteroatoms. The fraction of sp³-hybridized carbons (Fsp3) is 0.562. The molecule has 1 aliphatic heterocycles. The van der Waals surface area contributed by atoms with E-state index in [1.165, 1.54) is 5.56 Å². The van der Waals surface area contributed by atoms with Crippen molar-refractivity contribution in [1.29, 1.82) is 5.26 Å². The summed E-state index contributed by atoms with van der Waals surface area (Å²) in [5.41, 5.74) is 2.82. The number of hydrogen-bond acceptors (Lipinski definition) is 3. The molecule has 0 aromatic heterocycles. The SMILES string of the molecule is COc1cc(C)c(C2(C(C)(C)C#N)COC2)cc1C. The predicted molar refractivity (Wildman–Crippen MR) is 74.4 cm³/mol. The van der Waals surface area contributed by atoms with Crippen molar-refractivity contribution in [2.75, 3.05) is 20.3 Å². The first-order valence-electron chi connectivity index (χ1n) is 6.53. The van der Waals surface area contributed by atoms with E-state index in [9.17, 15) is 5.26 Å². The fourth-order valence-electron chi connectivity index (χ4n) is 2.79. The minimum absolute atomic E-state index is 0.205. The molecule has 19 heavy (non-hydrogen) atoms. The molecule has 1 fully saturated rings. The van der Waals surface area contributed by atoms with Gasteiger partial charge in [-0.3, -0.25) is 0 Å². The van der Waals surface area contributed by atoms with Gasteiger partial charge >= 0.3 is 0 Å². The zero-order valence-corrected chi connectivity index (χ0v) is 12.3. The summed E-state index contributed by atoms with van der Waals surface area (Å²) < 4.78 is 10.8. The predicted octanol–water partition coefficient (Wildman–Crippen LogP) is 3.13.